The molecule has 3 N–H and O–H groups in total. The van der Waals surface area contributed by atoms with Crippen molar-refractivity contribution in [3.8, 4) is 0 Å². The van der Waals surface area contributed by atoms with Crippen molar-refractivity contribution in [2.45, 2.75) is 6.54 Å². The normalized spacial score (nSPS) is 10.4. The molecule has 2 heterocycles. The standard InChI is InChI=1S/C19H18BFN4O3/c1-25(12-17-6-3-14(11-22-17)20(27)28)18-9-2-13(10-23-18)19(26)24-16-7-4-15(21)5-8-16/h2-11,27-28H,12H2,1H3,(H,24,26). The quantitative estimate of drug-likeness (QED) is 0.556. The number of carbonyl (C=O) groups is 1. The Balaban J connectivity index is 1.62. The summed E-state index contributed by atoms with van der Waals surface area (Å²) in [5.74, 6) is -0.0664. The van der Waals surface area contributed by atoms with Gasteiger partial charge in [0.25, 0.3) is 5.91 Å². The van der Waals surface area contributed by atoms with Crippen molar-refractivity contribution in [1.29, 1.82) is 0 Å². The molecule has 1 aromatic carbocycles. The summed E-state index contributed by atoms with van der Waals surface area (Å²) >= 11 is 0. The van der Waals surface area contributed by atoms with Gasteiger partial charge in [0.1, 0.15) is 11.6 Å². The number of hydrogen-bond acceptors (Lipinski definition) is 6. The monoisotopic (exact) mass is 380 g/mol. The first-order chi connectivity index (χ1) is 13.4. The number of amides is 1. The Kier molecular flexibility index (Phi) is 5.98. The Morgan fingerprint density at radius 2 is 1.82 bits per heavy atom. The third kappa shape index (κ3) is 4.90. The topological polar surface area (TPSA) is 98.6 Å². The number of nitrogens with one attached hydrogen (secondary N) is 1. The highest BCUT2D eigenvalue weighted by atomic mass is 19.1. The SMILES string of the molecule is CN(Cc1ccc(B(O)O)cn1)c1ccc(C(=O)Nc2ccc(F)cc2)cn1. The van der Waals surface area contributed by atoms with Gasteiger partial charge in [0, 0.05) is 30.6 Å². The average molecular weight is 380 g/mol. The van der Waals surface area contributed by atoms with Crippen molar-refractivity contribution in [2.24, 2.45) is 0 Å². The number of nitrogens with zero attached hydrogens (tertiary/aromatic N) is 3. The molecule has 142 valence electrons. The van der Waals surface area contributed by atoms with Gasteiger partial charge in [-0.05, 0) is 42.5 Å². The molecule has 28 heavy (non-hydrogen) atoms. The summed E-state index contributed by atoms with van der Waals surface area (Å²) in [7, 11) is 0.284. The molecule has 0 spiro atoms. The first kappa shape index (κ1) is 19.5. The van der Waals surface area contributed by atoms with E-state index in [1.165, 1.54) is 36.7 Å². The molecule has 7 nitrogen and oxygen atoms in total. The lowest BCUT2D eigenvalue weighted by atomic mass is 9.82. The third-order valence-electron chi connectivity index (χ3n) is 4.05. The molecule has 2 aromatic heterocycles. The molecule has 0 aliphatic rings. The van der Waals surface area contributed by atoms with Crippen molar-refractivity contribution in [2.75, 3.05) is 17.3 Å². The number of hydrogen-bond donors (Lipinski definition) is 3. The lowest BCUT2D eigenvalue weighted by molar-refractivity contribution is 0.102. The molecular weight excluding hydrogens is 362 g/mol. The highest BCUT2D eigenvalue weighted by molar-refractivity contribution is 6.58. The van der Waals surface area contributed by atoms with Gasteiger partial charge in [-0.3, -0.25) is 9.78 Å². The molecular formula is C19H18BFN4O3. The second-order valence-electron chi connectivity index (χ2n) is 6.18. The smallest absolute Gasteiger partial charge is 0.423 e. The van der Waals surface area contributed by atoms with Crippen LogP contribution in [0.25, 0.3) is 0 Å². The zero-order chi connectivity index (χ0) is 20.1. The number of rotatable bonds is 6. The van der Waals surface area contributed by atoms with Gasteiger partial charge >= 0.3 is 7.12 Å². The van der Waals surface area contributed by atoms with Gasteiger partial charge in [-0.15, -0.1) is 0 Å². The third-order valence-corrected chi connectivity index (χ3v) is 4.05. The van der Waals surface area contributed by atoms with Crippen molar-refractivity contribution >= 4 is 30.0 Å². The number of pyridine rings is 2. The summed E-state index contributed by atoms with van der Waals surface area (Å²) in [6, 6.07) is 12.2. The Hall–Kier alpha value is -3.30. The molecule has 1 amide bonds. The van der Waals surface area contributed by atoms with E-state index < -0.39 is 7.12 Å². The van der Waals surface area contributed by atoms with E-state index >= 15 is 0 Å². The Morgan fingerprint density at radius 1 is 1.07 bits per heavy atom. The fourth-order valence-corrected chi connectivity index (χ4v) is 2.49. The van der Waals surface area contributed by atoms with E-state index in [9.17, 15) is 9.18 Å². The second kappa shape index (κ2) is 8.60. The van der Waals surface area contributed by atoms with E-state index in [4.69, 9.17) is 10.0 Å². The van der Waals surface area contributed by atoms with E-state index in [0.29, 0.717) is 29.1 Å². The maximum Gasteiger partial charge on any atom is 0.490 e. The Labute approximate surface area is 161 Å². The number of anilines is 2. The maximum absolute atomic E-state index is 12.9. The molecule has 0 aliphatic heterocycles. The molecule has 0 unspecified atom stereocenters. The number of benzene rings is 1. The van der Waals surface area contributed by atoms with Crippen LogP contribution in [0.5, 0.6) is 0 Å². The molecule has 0 aliphatic carbocycles. The van der Waals surface area contributed by atoms with Crippen LogP contribution in [0.3, 0.4) is 0 Å². The minimum absolute atomic E-state index is 0.320. The molecule has 0 saturated heterocycles. The van der Waals surface area contributed by atoms with Crippen LogP contribution in [-0.4, -0.2) is 40.1 Å². The molecule has 0 radical (unpaired) electrons. The maximum atomic E-state index is 12.9. The van der Waals surface area contributed by atoms with E-state index in [1.807, 2.05) is 11.9 Å². The van der Waals surface area contributed by atoms with Gasteiger partial charge in [-0.1, -0.05) is 6.07 Å². The molecule has 3 aromatic rings. The lowest BCUT2D eigenvalue weighted by Gasteiger charge is -2.18. The predicted molar refractivity (Wildman–Crippen MR) is 105 cm³/mol. The number of halogens is 1. The van der Waals surface area contributed by atoms with Crippen molar-refractivity contribution in [3.63, 3.8) is 0 Å². The Bertz CT molecular complexity index is 935. The van der Waals surface area contributed by atoms with Crippen molar-refractivity contribution in [3.05, 3.63) is 78.0 Å². The highest BCUT2D eigenvalue weighted by Crippen LogP contribution is 2.14. The van der Waals surface area contributed by atoms with Crippen LogP contribution in [0.1, 0.15) is 16.1 Å². The van der Waals surface area contributed by atoms with Crippen LogP contribution in [-0.2, 0) is 6.54 Å². The number of aromatic nitrogens is 2. The molecule has 0 atom stereocenters. The van der Waals surface area contributed by atoms with E-state index in [0.717, 1.165) is 5.69 Å². The average Bonchev–Trinajstić information content (AvgIpc) is 2.70. The van der Waals surface area contributed by atoms with Crippen LogP contribution in [0.4, 0.5) is 15.9 Å². The fraction of sp³-hybridized carbons (Fsp3) is 0.105. The minimum atomic E-state index is -1.55. The first-order valence-corrected chi connectivity index (χ1v) is 8.47. The van der Waals surface area contributed by atoms with E-state index in [1.54, 1.807) is 24.3 Å². The summed E-state index contributed by atoms with van der Waals surface area (Å²) < 4.78 is 12.9. The van der Waals surface area contributed by atoms with Crippen LogP contribution in [0.15, 0.2) is 60.9 Å². The van der Waals surface area contributed by atoms with Crippen LogP contribution < -0.4 is 15.7 Å². The molecule has 9 heteroatoms. The predicted octanol–water partition coefficient (Wildman–Crippen LogP) is 1.18. The molecule has 0 saturated carbocycles. The second-order valence-corrected chi connectivity index (χ2v) is 6.18. The van der Waals surface area contributed by atoms with E-state index in [-0.39, 0.29) is 11.7 Å². The van der Waals surface area contributed by atoms with Crippen molar-refractivity contribution in [1.82, 2.24) is 9.97 Å². The molecule has 3 rings (SSSR count). The van der Waals surface area contributed by atoms with Crippen molar-refractivity contribution < 1.29 is 19.2 Å². The number of carbonyl (C=O) groups excluding carboxylic acids is 1. The van der Waals surface area contributed by atoms with Crippen LogP contribution >= 0.6 is 0 Å². The van der Waals surface area contributed by atoms with Crippen LogP contribution in [0, 0.1) is 5.82 Å². The van der Waals surface area contributed by atoms with Gasteiger partial charge in [-0.2, -0.15) is 0 Å². The fourth-order valence-electron chi connectivity index (χ4n) is 2.49. The summed E-state index contributed by atoms with van der Waals surface area (Å²) in [6.45, 7) is 0.454. The van der Waals surface area contributed by atoms with Gasteiger partial charge in [-0.25, -0.2) is 9.37 Å². The zero-order valence-electron chi connectivity index (χ0n) is 15.1. The first-order valence-electron chi connectivity index (χ1n) is 8.47. The zero-order valence-corrected chi connectivity index (χ0v) is 15.1. The summed E-state index contributed by atoms with van der Waals surface area (Å²) in [6.07, 6.45) is 2.87. The van der Waals surface area contributed by atoms with Gasteiger partial charge < -0.3 is 20.3 Å². The van der Waals surface area contributed by atoms with Crippen LogP contribution in [0.2, 0.25) is 0 Å². The summed E-state index contributed by atoms with van der Waals surface area (Å²) in [4.78, 5) is 22.6. The summed E-state index contributed by atoms with van der Waals surface area (Å²) in [5.41, 5.74) is 1.92. The van der Waals surface area contributed by atoms with Gasteiger partial charge in [0.2, 0.25) is 0 Å². The van der Waals surface area contributed by atoms with Gasteiger partial charge in [0.05, 0.1) is 17.8 Å². The Morgan fingerprint density at radius 3 is 2.39 bits per heavy atom. The molecule has 0 bridgehead atoms. The van der Waals surface area contributed by atoms with Gasteiger partial charge in [0.15, 0.2) is 0 Å². The summed E-state index contributed by atoms with van der Waals surface area (Å²) in [5, 5.41) is 20.9. The highest BCUT2D eigenvalue weighted by Gasteiger charge is 2.12. The largest absolute Gasteiger partial charge is 0.490 e. The lowest BCUT2D eigenvalue weighted by Crippen LogP contribution is -2.30. The molecule has 0 fully saturated rings. The minimum Gasteiger partial charge on any atom is -0.423 e. The van der Waals surface area contributed by atoms with E-state index in [2.05, 4.69) is 15.3 Å².